The Morgan fingerprint density at radius 1 is 1.07 bits per heavy atom. The van der Waals surface area contributed by atoms with Crippen molar-refractivity contribution in [3.8, 4) is 11.5 Å². The van der Waals surface area contributed by atoms with Gasteiger partial charge in [-0.1, -0.05) is 41.1 Å². The minimum absolute atomic E-state index is 0.0287. The van der Waals surface area contributed by atoms with Crippen LogP contribution >= 0.6 is 22.9 Å². The molecule has 2 unspecified atom stereocenters. The van der Waals surface area contributed by atoms with Crippen molar-refractivity contribution in [1.29, 1.82) is 0 Å². The predicted molar refractivity (Wildman–Crippen MR) is 114 cm³/mol. The summed E-state index contributed by atoms with van der Waals surface area (Å²) in [5.74, 6) is 1.27. The van der Waals surface area contributed by atoms with E-state index in [1.807, 2.05) is 54.3 Å². The van der Waals surface area contributed by atoms with Crippen LogP contribution in [0.25, 0.3) is 10.2 Å². The lowest BCUT2D eigenvalue weighted by molar-refractivity contribution is -0.144. The van der Waals surface area contributed by atoms with Gasteiger partial charge in [0.2, 0.25) is 6.10 Å². The summed E-state index contributed by atoms with van der Waals surface area (Å²) in [5.41, 5.74) is 0.841. The first kappa shape index (κ1) is 18.5. The fourth-order valence-electron chi connectivity index (χ4n) is 3.73. The van der Waals surface area contributed by atoms with Crippen LogP contribution in [0.1, 0.15) is 6.92 Å². The highest BCUT2D eigenvalue weighted by Crippen LogP contribution is 2.35. The molecule has 1 fully saturated rings. The molecule has 3 aromatic rings. The van der Waals surface area contributed by atoms with Crippen LogP contribution in [0.15, 0.2) is 42.5 Å². The normalized spacial score (nSPS) is 21.4. The van der Waals surface area contributed by atoms with Gasteiger partial charge in [-0.05, 0) is 31.2 Å². The molecule has 5 rings (SSSR count). The average molecular weight is 430 g/mol. The highest BCUT2D eigenvalue weighted by atomic mass is 35.5. The molecule has 150 valence electrons. The maximum Gasteiger partial charge on any atom is 0.267 e. The number of carbonyl (C=O) groups is 1. The molecule has 0 radical (unpaired) electrons. The number of aromatic nitrogens is 1. The van der Waals surface area contributed by atoms with Crippen LogP contribution in [0.2, 0.25) is 5.02 Å². The van der Waals surface area contributed by atoms with Gasteiger partial charge in [0.15, 0.2) is 16.6 Å². The van der Waals surface area contributed by atoms with Crippen molar-refractivity contribution in [1.82, 2.24) is 9.88 Å². The molecule has 1 amide bonds. The Morgan fingerprint density at radius 2 is 1.79 bits per heavy atom. The molecule has 8 heteroatoms. The van der Waals surface area contributed by atoms with E-state index < -0.39 is 6.10 Å². The number of fused-ring (bicyclic) bond motifs is 2. The predicted octanol–water partition coefficient (Wildman–Crippen LogP) is 3.83. The molecule has 0 saturated carbocycles. The zero-order chi connectivity index (χ0) is 20.0. The number of benzene rings is 2. The number of thiazole rings is 1. The highest BCUT2D eigenvalue weighted by Gasteiger charge is 2.37. The Labute approximate surface area is 177 Å². The van der Waals surface area contributed by atoms with Crippen LogP contribution in [-0.4, -0.2) is 54.2 Å². The van der Waals surface area contributed by atoms with E-state index in [-0.39, 0.29) is 12.0 Å². The molecule has 0 N–H and O–H groups in total. The third-order valence-corrected chi connectivity index (χ3v) is 6.69. The van der Waals surface area contributed by atoms with Crippen molar-refractivity contribution in [2.24, 2.45) is 0 Å². The summed E-state index contributed by atoms with van der Waals surface area (Å²) in [4.78, 5) is 21.8. The minimum atomic E-state index is -0.627. The number of carbonyl (C=O) groups excluding carboxylic acids is 1. The number of amides is 1. The van der Waals surface area contributed by atoms with Crippen molar-refractivity contribution in [2.45, 2.75) is 19.1 Å². The number of piperazine rings is 1. The van der Waals surface area contributed by atoms with Gasteiger partial charge in [0, 0.05) is 26.2 Å². The lowest BCUT2D eigenvalue weighted by Crippen LogP contribution is -2.56. The molecular weight excluding hydrogens is 410 g/mol. The van der Waals surface area contributed by atoms with E-state index in [0.717, 1.165) is 28.4 Å². The van der Waals surface area contributed by atoms with Gasteiger partial charge >= 0.3 is 0 Å². The van der Waals surface area contributed by atoms with Crippen LogP contribution in [0.3, 0.4) is 0 Å². The molecule has 2 aromatic carbocycles. The first-order valence-electron chi connectivity index (χ1n) is 9.61. The average Bonchev–Trinajstić information content (AvgIpc) is 3.19. The number of nitrogens with zero attached hydrogens (tertiary/aromatic N) is 3. The summed E-state index contributed by atoms with van der Waals surface area (Å²) in [7, 11) is 0. The number of ether oxygens (including phenoxy) is 2. The molecule has 0 aliphatic carbocycles. The van der Waals surface area contributed by atoms with Gasteiger partial charge in [-0.2, -0.15) is 0 Å². The monoisotopic (exact) mass is 429 g/mol. The zero-order valence-electron chi connectivity index (χ0n) is 15.9. The van der Waals surface area contributed by atoms with Crippen molar-refractivity contribution < 1.29 is 14.3 Å². The van der Waals surface area contributed by atoms with Crippen LogP contribution in [-0.2, 0) is 4.79 Å². The maximum atomic E-state index is 13.1. The first-order valence-corrected chi connectivity index (χ1v) is 10.8. The second kappa shape index (κ2) is 7.39. The van der Waals surface area contributed by atoms with E-state index in [4.69, 9.17) is 26.1 Å². The first-order chi connectivity index (χ1) is 14.1. The van der Waals surface area contributed by atoms with Crippen molar-refractivity contribution in [2.75, 3.05) is 31.1 Å². The third-order valence-electron chi connectivity index (χ3n) is 5.31. The lowest BCUT2D eigenvalue weighted by Gasteiger charge is -2.38. The molecule has 6 nitrogen and oxygen atoms in total. The second-order valence-electron chi connectivity index (χ2n) is 7.20. The van der Waals surface area contributed by atoms with Crippen molar-refractivity contribution >= 4 is 44.2 Å². The number of anilines is 1. The summed E-state index contributed by atoms with van der Waals surface area (Å²) >= 11 is 7.89. The van der Waals surface area contributed by atoms with Gasteiger partial charge in [0.25, 0.3) is 5.91 Å². The van der Waals surface area contributed by atoms with Crippen LogP contribution < -0.4 is 14.4 Å². The van der Waals surface area contributed by atoms with Crippen LogP contribution in [0, 0.1) is 0 Å². The summed E-state index contributed by atoms with van der Waals surface area (Å²) < 4.78 is 12.9. The van der Waals surface area contributed by atoms with Gasteiger partial charge in [-0.15, -0.1) is 0 Å². The van der Waals surface area contributed by atoms with Gasteiger partial charge < -0.3 is 19.3 Å². The largest absolute Gasteiger partial charge is 0.482 e. The summed E-state index contributed by atoms with van der Waals surface area (Å²) in [6, 6.07) is 13.3. The Bertz CT molecular complexity index is 1060. The zero-order valence-corrected chi connectivity index (χ0v) is 17.4. The summed E-state index contributed by atoms with van der Waals surface area (Å²) in [6.45, 7) is 4.57. The molecular formula is C21H20ClN3O3S. The van der Waals surface area contributed by atoms with Crippen LogP contribution in [0.4, 0.5) is 5.13 Å². The number of hydrogen-bond acceptors (Lipinski definition) is 6. The SMILES string of the molecule is CC1Oc2ccccc2OC1C(=O)N1CCN(c2nc3c(Cl)cccc3s2)CC1. The van der Waals surface area contributed by atoms with E-state index in [1.165, 1.54) is 0 Å². The Hall–Kier alpha value is -2.51. The van der Waals surface area contributed by atoms with E-state index in [2.05, 4.69) is 4.90 Å². The standard InChI is InChI=1S/C21H20ClN3O3S/c1-13-19(28-16-7-3-2-6-15(16)27-13)20(26)24-9-11-25(12-10-24)21-23-18-14(22)5-4-8-17(18)29-21/h2-8,13,19H,9-12H2,1H3. The number of rotatable bonds is 2. The van der Waals surface area contributed by atoms with Gasteiger partial charge in [-0.25, -0.2) is 4.98 Å². The number of hydrogen-bond donors (Lipinski definition) is 0. The van der Waals surface area contributed by atoms with Crippen LogP contribution in [0.5, 0.6) is 11.5 Å². The fourth-order valence-corrected chi connectivity index (χ4v) is 5.04. The molecule has 2 atom stereocenters. The molecule has 2 aliphatic heterocycles. The Morgan fingerprint density at radius 3 is 2.52 bits per heavy atom. The smallest absolute Gasteiger partial charge is 0.267 e. The van der Waals surface area contributed by atoms with Crippen molar-refractivity contribution in [3.05, 3.63) is 47.5 Å². The summed E-state index contributed by atoms with van der Waals surface area (Å²) in [6.07, 6.45) is -0.959. The van der Waals surface area contributed by atoms with Gasteiger partial charge in [0.05, 0.1) is 9.72 Å². The number of para-hydroxylation sites is 3. The molecule has 0 spiro atoms. The van der Waals surface area contributed by atoms with E-state index in [0.29, 0.717) is 29.6 Å². The summed E-state index contributed by atoms with van der Waals surface area (Å²) in [5, 5.41) is 1.61. The topological polar surface area (TPSA) is 54.9 Å². The van der Waals surface area contributed by atoms with Crippen molar-refractivity contribution in [3.63, 3.8) is 0 Å². The van der Waals surface area contributed by atoms with Gasteiger partial charge in [0.1, 0.15) is 11.6 Å². The number of halogens is 1. The van der Waals surface area contributed by atoms with E-state index >= 15 is 0 Å². The quantitative estimate of drug-likeness (QED) is 0.619. The second-order valence-corrected chi connectivity index (χ2v) is 8.62. The molecule has 2 aliphatic rings. The highest BCUT2D eigenvalue weighted by molar-refractivity contribution is 7.22. The molecule has 1 saturated heterocycles. The Balaban J connectivity index is 1.26. The Kier molecular flexibility index (Phi) is 4.72. The third kappa shape index (κ3) is 3.38. The molecule has 3 heterocycles. The maximum absolute atomic E-state index is 13.1. The lowest BCUT2D eigenvalue weighted by atomic mass is 10.1. The molecule has 0 bridgehead atoms. The van der Waals surface area contributed by atoms with E-state index in [9.17, 15) is 4.79 Å². The van der Waals surface area contributed by atoms with Gasteiger partial charge in [-0.3, -0.25) is 4.79 Å². The van der Waals surface area contributed by atoms with E-state index in [1.54, 1.807) is 11.3 Å². The minimum Gasteiger partial charge on any atom is -0.482 e. The molecule has 1 aromatic heterocycles. The molecule has 29 heavy (non-hydrogen) atoms. The fraction of sp³-hybridized carbons (Fsp3) is 0.333.